The van der Waals surface area contributed by atoms with Crippen molar-refractivity contribution in [3.63, 3.8) is 0 Å². The Balaban J connectivity index is 2.12. The number of alkyl halides is 3. The van der Waals surface area contributed by atoms with Crippen molar-refractivity contribution in [2.24, 2.45) is 11.8 Å². The monoisotopic (exact) mass is 209 g/mol. The van der Waals surface area contributed by atoms with Gasteiger partial charge in [0.1, 0.15) is 0 Å². The molecule has 0 amide bonds. The van der Waals surface area contributed by atoms with Gasteiger partial charge in [-0.05, 0) is 31.2 Å². The lowest BCUT2D eigenvalue weighted by molar-refractivity contribution is -0.125. The average Bonchev–Trinajstić information content (AvgIpc) is 2.01. The van der Waals surface area contributed by atoms with Crippen LogP contribution in [-0.2, 0) is 0 Å². The van der Waals surface area contributed by atoms with Gasteiger partial charge in [0, 0.05) is 0 Å². The maximum absolute atomic E-state index is 11.8. The predicted octanol–water partition coefficient (Wildman–Crippen LogP) is 2.96. The molecule has 0 heterocycles. The Bertz CT molecular complexity index is 167. The quantitative estimate of drug-likeness (QED) is 0.753. The van der Waals surface area contributed by atoms with E-state index in [-0.39, 0.29) is 0 Å². The summed E-state index contributed by atoms with van der Waals surface area (Å²) in [6.07, 6.45) is 0.482. The van der Waals surface area contributed by atoms with Gasteiger partial charge in [-0.2, -0.15) is 13.2 Å². The highest BCUT2D eigenvalue weighted by Gasteiger charge is 2.27. The van der Waals surface area contributed by atoms with Gasteiger partial charge >= 0.3 is 6.18 Å². The minimum atomic E-state index is -4.07. The minimum Gasteiger partial charge on any atom is -0.308 e. The van der Waals surface area contributed by atoms with E-state index >= 15 is 0 Å². The molecular weight excluding hydrogens is 191 g/mol. The third kappa shape index (κ3) is 4.84. The first-order valence-corrected chi connectivity index (χ1v) is 5.25. The highest BCUT2D eigenvalue weighted by Crippen LogP contribution is 2.28. The second-order valence-corrected chi connectivity index (χ2v) is 4.38. The maximum atomic E-state index is 11.8. The second-order valence-electron chi connectivity index (χ2n) is 4.38. The summed E-state index contributed by atoms with van der Waals surface area (Å²) in [4.78, 5) is 0. The van der Waals surface area contributed by atoms with E-state index in [4.69, 9.17) is 0 Å². The molecule has 0 bridgehead atoms. The minimum absolute atomic E-state index is 0.445. The number of rotatable bonds is 3. The van der Waals surface area contributed by atoms with Gasteiger partial charge in [0.25, 0.3) is 0 Å². The van der Waals surface area contributed by atoms with Gasteiger partial charge in [0.2, 0.25) is 0 Å². The summed E-state index contributed by atoms with van der Waals surface area (Å²) in [6.45, 7) is 1.84. The van der Waals surface area contributed by atoms with E-state index in [0.29, 0.717) is 18.4 Å². The SMILES string of the molecule is CC1CCCC(CNCC(F)(F)F)C1. The molecular formula is C10H18F3N. The van der Waals surface area contributed by atoms with Gasteiger partial charge in [-0.1, -0.05) is 19.8 Å². The first kappa shape index (κ1) is 11.8. The zero-order valence-corrected chi connectivity index (χ0v) is 8.53. The van der Waals surface area contributed by atoms with Crippen LogP contribution in [0.2, 0.25) is 0 Å². The fourth-order valence-electron chi connectivity index (χ4n) is 2.16. The van der Waals surface area contributed by atoms with Crippen LogP contribution in [0.1, 0.15) is 32.6 Å². The Hall–Kier alpha value is -0.250. The van der Waals surface area contributed by atoms with Crippen molar-refractivity contribution < 1.29 is 13.2 Å². The Labute approximate surface area is 83.1 Å². The zero-order valence-electron chi connectivity index (χ0n) is 8.53. The van der Waals surface area contributed by atoms with Crippen LogP contribution in [0.5, 0.6) is 0 Å². The number of hydrogen-bond acceptors (Lipinski definition) is 1. The largest absolute Gasteiger partial charge is 0.401 e. The molecule has 1 saturated carbocycles. The fraction of sp³-hybridized carbons (Fsp3) is 1.00. The predicted molar refractivity (Wildman–Crippen MR) is 50.0 cm³/mol. The van der Waals surface area contributed by atoms with E-state index in [1.54, 1.807) is 0 Å². The molecule has 0 aromatic heterocycles. The molecule has 1 rings (SSSR count). The van der Waals surface area contributed by atoms with Gasteiger partial charge in [-0.15, -0.1) is 0 Å². The molecule has 0 aromatic carbocycles. The van der Waals surface area contributed by atoms with Crippen molar-refractivity contribution in [2.75, 3.05) is 13.1 Å². The second kappa shape index (κ2) is 5.01. The van der Waals surface area contributed by atoms with E-state index in [1.807, 2.05) is 0 Å². The van der Waals surface area contributed by atoms with Crippen LogP contribution >= 0.6 is 0 Å². The summed E-state index contributed by atoms with van der Waals surface area (Å²) in [5.41, 5.74) is 0. The normalized spacial score (nSPS) is 29.1. The highest BCUT2D eigenvalue weighted by atomic mass is 19.4. The smallest absolute Gasteiger partial charge is 0.308 e. The Morgan fingerprint density at radius 2 is 2.00 bits per heavy atom. The van der Waals surface area contributed by atoms with Crippen LogP contribution in [0.4, 0.5) is 13.2 Å². The molecule has 4 heteroatoms. The summed E-state index contributed by atoms with van der Waals surface area (Å²) in [7, 11) is 0. The van der Waals surface area contributed by atoms with Crippen molar-refractivity contribution in [3.8, 4) is 0 Å². The molecule has 0 saturated heterocycles. The van der Waals surface area contributed by atoms with Crippen molar-refractivity contribution >= 4 is 0 Å². The molecule has 1 N–H and O–H groups in total. The lowest BCUT2D eigenvalue weighted by atomic mass is 9.82. The Kier molecular flexibility index (Phi) is 4.23. The first-order valence-electron chi connectivity index (χ1n) is 5.25. The molecule has 0 aliphatic heterocycles. The fourth-order valence-corrected chi connectivity index (χ4v) is 2.16. The van der Waals surface area contributed by atoms with Gasteiger partial charge < -0.3 is 5.32 Å². The van der Waals surface area contributed by atoms with E-state index < -0.39 is 12.7 Å². The van der Waals surface area contributed by atoms with Crippen molar-refractivity contribution in [1.82, 2.24) is 5.32 Å². The van der Waals surface area contributed by atoms with E-state index in [9.17, 15) is 13.2 Å². The molecule has 1 nitrogen and oxygen atoms in total. The molecule has 0 spiro atoms. The number of halogens is 3. The summed E-state index contributed by atoms with van der Waals surface area (Å²) < 4.78 is 35.5. The van der Waals surface area contributed by atoms with E-state index in [1.165, 1.54) is 12.8 Å². The van der Waals surface area contributed by atoms with Gasteiger partial charge in [-0.3, -0.25) is 0 Å². The van der Waals surface area contributed by atoms with Crippen LogP contribution < -0.4 is 5.32 Å². The van der Waals surface area contributed by atoms with Crippen LogP contribution in [0.3, 0.4) is 0 Å². The maximum Gasteiger partial charge on any atom is 0.401 e. The molecule has 1 aliphatic carbocycles. The highest BCUT2D eigenvalue weighted by molar-refractivity contribution is 4.72. The molecule has 0 aromatic rings. The molecule has 1 aliphatic rings. The number of hydrogen-bond donors (Lipinski definition) is 1. The van der Waals surface area contributed by atoms with Gasteiger partial charge in [0.05, 0.1) is 6.54 Å². The van der Waals surface area contributed by atoms with Gasteiger partial charge in [-0.25, -0.2) is 0 Å². The first-order chi connectivity index (χ1) is 6.47. The summed E-state index contributed by atoms with van der Waals surface area (Å²) >= 11 is 0. The molecule has 2 unspecified atom stereocenters. The molecule has 84 valence electrons. The van der Waals surface area contributed by atoms with E-state index in [2.05, 4.69) is 12.2 Å². The molecule has 14 heavy (non-hydrogen) atoms. The standard InChI is InChI=1S/C10H18F3N/c1-8-3-2-4-9(5-8)6-14-7-10(11,12)13/h8-9,14H,2-7H2,1H3. The lowest BCUT2D eigenvalue weighted by Gasteiger charge is -2.27. The Morgan fingerprint density at radius 1 is 1.29 bits per heavy atom. The topological polar surface area (TPSA) is 12.0 Å². The number of nitrogens with one attached hydrogen (secondary N) is 1. The summed E-state index contributed by atoms with van der Waals surface area (Å²) in [5.74, 6) is 1.13. The summed E-state index contributed by atoms with van der Waals surface area (Å²) in [5, 5.41) is 2.49. The average molecular weight is 209 g/mol. The lowest BCUT2D eigenvalue weighted by Crippen LogP contribution is -2.33. The van der Waals surface area contributed by atoms with Crippen LogP contribution in [-0.4, -0.2) is 19.3 Å². The van der Waals surface area contributed by atoms with Crippen molar-refractivity contribution in [3.05, 3.63) is 0 Å². The summed E-state index contributed by atoms with van der Waals surface area (Å²) in [6, 6.07) is 0. The van der Waals surface area contributed by atoms with E-state index in [0.717, 1.165) is 12.8 Å². The van der Waals surface area contributed by atoms with Crippen LogP contribution in [0.25, 0.3) is 0 Å². The van der Waals surface area contributed by atoms with Gasteiger partial charge in [0.15, 0.2) is 0 Å². The van der Waals surface area contributed by atoms with Crippen molar-refractivity contribution in [1.29, 1.82) is 0 Å². The van der Waals surface area contributed by atoms with Crippen LogP contribution in [0, 0.1) is 11.8 Å². The third-order valence-electron chi connectivity index (χ3n) is 2.80. The molecule has 0 radical (unpaired) electrons. The molecule has 1 fully saturated rings. The Morgan fingerprint density at radius 3 is 2.57 bits per heavy atom. The third-order valence-corrected chi connectivity index (χ3v) is 2.80. The zero-order chi connectivity index (χ0) is 10.6. The molecule has 2 atom stereocenters. The van der Waals surface area contributed by atoms with Crippen LogP contribution in [0.15, 0.2) is 0 Å². The van der Waals surface area contributed by atoms with Crippen molar-refractivity contribution in [2.45, 2.75) is 38.8 Å².